The fourth-order valence-electron chi connectivity index (χ4n) is 3.88. The number of esters is 1. The van der Waals surface area contributed by atoms with Gasteiger partial charge < -0.3 is 4.74 Å². The van der Waals surface area contributed by atoms with Crippen LogP contribution in [0.1, 0.15) is 11.3 Å². The van der Waals surface area contributed by atoms with Crippen molar-refractivity contribution in [1.29, 1.82) is 0 Å². The molecule has 110 valence electrons. The molecule has 0 N–H and O–H groups in total. The lowest BCUT2D eigenvalue weighted by atomic mass is 9.78. The number of fused-ring (bicyclic) bond motifs is 2. The third kappa shape index (κ3) is 1.71. The van der Waals surface area contributed by atoms with Gasteiger partial charge in [0.15, 0.2) is 0 Å². The Morgan fingerprint density at radius 2 is 2.18 bits per heavy atom. The highest BCUT2D eigenvalue weighted by atomic mass is 32.2. The summed E-state index contributed by atoms with van der Waals surface area (Å²) in [5.74, 6) is 1.85. The van der Waals surface area contributed by atoms with Crippen molar-refractivity contribution < 1.29 is 9.53 Å². The topological polar surface area (TPSA) is 26.3 Å². The molecule has 4 aliphatic rings. The predicted molar refractivity (Wildman–Crippen MR) is 90.2 cm³/mol. The monoisotopic (exact) mass is 326 g/mol. The summed E-state index contributed by atoms with van der Waals surface area (Å²) in [7, 11) is 0. The average Bonchev–Trinajstić information content (AvgIpc) is 2.94. The summed E-state index contributed by atoms with van der Waals surface area (Å²) in [6, 6.07) is 4.13. The number of hydrogen-bond donors (Lipinski definition) is 0. The summed E-state index contributed by atoms with van der Waals surface area (Å²) in [5, 5.41) is 4.30. The van der Waals surface area contributed by atoms with Crippen molar-refractivity contribution in [1.82, 2.24) is 0 Å². The average molecular weight is 326 g/mol. The van der Waals surface area contributed by atoms with E-state index < -0.39 is 0 Å². The quantitative estimate of drug-likeness (QED) is 0.754. The standard InChI is InChI=1S/C18H14O2S2/c19-16-6-4-12-14(18-10-11(18)7-9-22-18)5-3-13(17(12)20-16)15-2-1-8-21-15/h1-9,11-12,14H,10H2. The van der Waals surface area contributed by atoms with E-state index in [1.54, 1.807) is 17.4 Å². The first-order valence-electron chi connectivity index (χ1n) is 7.49. The number of ether oxygens (including phenoxy) is 1. The second-order valence-corrected chi connectivity index (χ2v) is 8.37. The van der Waals surface area contributed by atoms with E-state index in [1.807, 2.05) is 23.9 Å². The fourth-order valence-corrected chi connectivity index (χ4v) is 6.06. The van der Waals surface area contributed by atoms with E-state index in [0.717, 1.165) is 11.3 Å². The Morgan fingerprint density at radius 1 is 1.23 bits per heavy atom. The third-order valence-electron chi connectivity index (χ3n) is 5.03. The van der Waals surface area contributed by atoms with Gasteiger partial charge in [-0.2, -0.15) is 0 Å². The van der Waals surface area contributed by atoms with Crippen molar-refractivity contribution in [2.45, 2.75) is 11.2 Å². The highest BCUT2D eigenvalue weighted by Gasteiger charge is 2.62. The number of hydrogen-bond acceptors (Lipinski definition) is 4. The van der Waals surface area contributed by atoms with Gasteiger partial charge >= 0.3 is 5.97 Å². The Balaban J connectivity index is 1.60. The zero-order chi connectivity index (χ0) is 14.7. The minimum Gasteiger partial charge on any atom is -0.427 e. The maximum absolute atomic E-state index is 11.8. The first kappa shape index (κ1) is 13.0. The van der Waals surface area contributed by atoms with Crippen molar-refractivity contribution in [3.63, 3.8) is 0 Å². The van der Waals surface area contributed by atoms with Crippen molar-refractivity contribution in [2.24, 2.45) is 17.8 Å². The molecule has 1 saturated carbocycles. The maximum atomic E-state index is 11.8. The summed E-state index contributed by atoms with van der Waals surface area (Å²) in [6.07, 6.45) is 11.7. The van der Waals surface area contributed by atoms with Gasteiger partial charge in [0.1, 0.15) is 5.76 Å². The molecule has 3 heterocycles. The van der Waals surface area contributed by atoms with Crippen LogP contribution in [0, 0.1) is 17.8 Å². The summed E-state index contributed by atoms with van der Waals surface area (Å²) >= 11 is 3.64. The SMILES string of the molecule is O=C1C=CC2C(=C(c3cccs3)C=CC2C23CC2C=CS3)O1. The summed E-state index contributed by atoms with van der Waals surface area (Å²) in [5.41, 5.74) is 1.07. The van der Waals surface area contributed by atoms with Gasteiger partial charge in [-0.1, -0.05) is 30.4 Å². The fraction of sp³-hybridized carbons (Fsp3) is 0.278. The first-order valence-corrected chi connectivity index (χ1v) is 9.25. The minimum absolute atomic E-state index is 0.178. The zero-order valence-electron chi connectivity index (χ0n) is 11.8. The smallest absolute Gasteiger partial charge is 0.335 e. The van der Waals surface area contributed by atoms with Crippen LogP contribution < -0.4 is 0 Å². The van der Waals surface area contributed by atoms with Crippen LogP contribution in [-0.2, 0) is 9.53 Å². The second kappa shape index (κ2) is 4.49. The molecular formula is C18H14O2S2. The molecule has 2 aliphatic heterocycles. The van der Waals surface area contributed by atoms with Crippen LogP contribution >= 0.6 is 23.1 Å². The van der Waals surface area contributed by atoms with Crippen LogP contribution in [0.3, 0.4) is 0 Å². The molecule has 4 atom stereocenters. The van der Waals surface area contributed by atoms with Gasteiger partial charge in [0.2, 0.25) is 0 Å². The summed E-state index contributed by atoms with van der Waals surface area (Å²) in [6.45, 7) is 0. The lowest BCUT2D eigenvalue weighted by molar-refractivity contribution is -0.135. The lowest BCUT2D eigenvalue weighted by Gasteiger charge is -2.35. The molecule has 1 aromatic heterocycles. The van der Waals surface area contributed by atoms with Crippen LogP contribution in [-0.4, -0.2) is 10.7 Å². The Kier molecular flexibility index (Phi) is 2.65. The maximum Gasteiger partial charge on any atom is 0.335 e. The van der Waals surface area contributed by atoms with Crippen molar-refractivity contribution in [3.8, 4) is 0 Å². The Hall–Kier alpha value is -1.52. The van der Waals surface area contributed by atoms with E-state index in [1.165, 1.54) is 11.3 Å². The van der Waals surface area contributed by atoms with Crippen molar-refractivity contribution in [3.05, 3.63) is 63.9 Å². The van der Waals surface area contributed by atoms with E-state index >= 15 is 0 Å². The van der Waals surface area contributed by atoms with Crippen molar-refractivity contribution >= 4 is 34.6 Å². The minimum atomic E-state index is -0.253. The number of thiophene rings is 1. The van der Waals surface area contributed by atoms with Gasteiger partial charge in [-0.3, -0.25) is 0 Å². The van der Waals surface area contributed by atoms with Crippen LogP contribution in [0.2, 0.25) is 0 Å². The molecule has 5 rings (SSSR count). The summed E-state index contributed by atoms with van der Waals surface area (Å²) < 4.78 is 5.95. The van der Waals surface area contributed by atoms with Gasteiger partial charge in [-0.25, -0.2) is 4.79 Å². The molecule has 0 bridgehead atoms. The Bertz CT molecular complexity index is 769. The molecule has 2 aliphatic carbocycles. The number of rotatable bonds is 2. The van der Waals surface area contributed by atoms with E-state index in [9.17, 15) is 4.79 Å². The molecule has 0 amide bonds. The van der Waals surface area contributed by atoms with Crippen LogP contribution in [0.5, 0.6) is 0 Å². The van der Waals surface area contributed by atoms with E-state index in [4.69, 9.17) is 4.74 Å². The highest BCUT2D eigenvalue weighted by Crippen LogP contribution is 2.67. The normalized spacial score (nSPS) is 38.0. The van der Waals surface area contributed by atoms with E-state index in [0.29, 0.717) is 16.6 Å². The molecule has 1 aromatic rings. The predicted octanol–water partition coefficient (Wildman–Crippen LogP) is 4.39. The van der Waals surface area contributed by atoms with Gasteiger partial charge in [0, 0.05) is 33.1 Å². The van der Waals surface area contributed by atoms with Gasteiger partial charge in [-0.15, -0.1) is 23.1 Å². The highest BCUT2D eigenvalue weighted by molar-refractivity contribution is 8.04. The number of carbonyl (C=O) groups excluding carboxylic acids is 1. The molecular weight excluding hydrogens is 312 g/mol. The number of allylic oxidation sites excluding steroid dienone is 5. The van der Waals surface area contributed by atoms with Crippen LogP contribution in [0.15, 0.2) is 59.1 Å². The zero-order valence-corrected chi connectivity index (χ0v) is 13.4. The van der Waals surface area contributed by atoms with Crippen molar-refractivity contribution in [2.75, 3.05) is 0 Å². The molecule has 0 saturated heterocycles. The molecule has 4 unspecified atom stereocenters. The lowest BCUT2D eigenvalue weighted by Crippen LogP contribution is -2.32. The van der Waals surface area contributed by atoms with E-state index in [2.05, 4.69) is 35.1 Å². The molecule has 0 radical (unpaired) electrons. The van der Waals surface area contributed by atoms with Crippen LogP contribution in [0.25, 0.3) is 5.57 Å². The van der Waals surface area contributed by atoms with Gasteiger partial charge in [0.05, 0.1) is 0 Å². The molecule has 4 heteroatoms. The Morgan fingerprint density at radius 3 is 2.91 bits per heavy atom. The second-order valence-electron chi connectivity index (χ2n) is 6.16. The number of thioether (sulfide) groups is 1. The largest absolute Gasteiger partial charge is 0.427 e. The first-order chi connectivity index (χ1) is 10.8. The summed E-state index contributed by atoms with van der Waals surface area (Å²) in [4.78, 5) is 12.9. The van der Waals surface area contributed by atoms with E-state index in [-0.39, 0.29) is 11.9 Å². The number of carbonyl (C=O) groups is 1. The molecule has 1 fully saturated rings. The Labute approximate surface area is 137 Å². The van der Waals surface area contributed by atoms with Gasteiger partial charge in [0.25, 0.3) is 0 Å². The molecule has 22 heavy (non-hydrogen) atoms. The third-order valence-corrected chi connectivity index (χ3v) is 7.41. The van der Waals surface area contributed by atoms with Gasteiger partial charge in [-0.05, 0) is 29.2 Å². The molecule has 0 aromatic carbocycles. The molecule has 0 spiro atoms. The molecule has 2 nitrogen and oxygen atoms in total. The van der Waals surface area contributed by atoms with Crippen LogP contribution in [0.4, 0.5) is 0 Å².